The summed E-state index contributed by atoms with van der Waals surface area (Å²) in [7, 11) is 0. The Bertz CT molecular complexity index is 1850. The second kappa shape index (κ2) is 16.9. The van der Waals surface area contributed by atoms with Gasteiger partial charge in [-0.05, 0) is 38.7 Å². The van der Waals surface area contributed by atoms with Crippen molar-refractivity contribution < 1.29 is 24.0 Å². The van der Waals surface area contributed by atoms with Gasteiger partial charge in [0.2, 0.25) is 23.6 Å². The fourth-order valence-electron chi connectivity index (χ4n) is 5.39. The molecule has 268 valence electrons. The number of hydrogen-bond acceptors (Lipinski definition) is 11. The van der Waals surface area contributed by atoms with E-state index >= 15 is 0 Å². The maximum absolute atomic E-state index is 13.7. The summed E-state index contributed by atoms with van der Waals surface area (Å²) in [6.45, 7) is 6.80. The second-order valence-corrected chi connectivity index (χ2v) is 13.4. The van der Waals surface area contributed by atoms with Gasteiger partial charge in [-0.2, -0.15) is 5.10 Å². The molecule has 1 aliphatic heterocycles. The van der Waals surface area contributed by atoms with Crippen molar-refractivity contribution in [1.82, 2.24) is 55.9 Å². The second-order valence-electron chi connectivity index (χ2n) is 12.6. The summed E-state index contributed by atoms with van der Waals surface area (Å²) in [6, 6.07) is 8.31. The zero-order valence-electron chi connectivity index (χ0n) is 28.8. The number of nitrogens with one attached hydrogen (secondary N) is 4. The number of benzene rings is 1. The van der Waals surface area contributed by atoms with Crippen molar-refractivity contribution in [3.63, 3.8) is 0 Å². The van der Waals surface area contributed by atoms with E-state index in [4.69, 9.17) is 0 Å². The predicted octanol–water partition coefficient (Wildman–Crippen LogP) is 1.73. The highest BCUT2D eigenvalue weighted by atomic mass is 32.1. The largest absolute Gasteiger partial charge is 0.354 e. The molecule has 3 aromatic heterocycles. The lowest BCUT2D eigenvalue weighted by atomic mass is 10.0. The van der Waals surface area contributed by atoms with Crippen LogP contribution in [0.2, 0.25) is 0 Å². The Morgan fingerprint density at radius 3 is 2.35 bits per heavy atom. The lowest BCUT2D eigenvalue weighted by Crippen LogP contribution is -2.54. The third-order valence-electron chi connectivity index (χ3n) is 7.91. The summed E-state index contributed by atoms with van der Waals surface area (Å²) in [5.41, 5.74) is 0.841. The minimum absolute atomic E-state index is 0.0409. The Morgan fingerprint density at radius 2 is 1.63 bits per heavy atom. The van der Waals surface area contributed by atoms with E-state index in [1.807, 2.05) is 44.2 Å². The van der Waals surface area contributed by atoms with E-state index < -0.39 is 41.8 Å². The number of nitrogens with zero attached hydrogens (tertiary/aromatic N) is 7. The van der Waals surface area contributed by atoms with Gasteiger partial charge < -0.3 is 26.2 Å². The van der Waals surface area contributed by atoms with Gasteiger partial charge in [0.15, 0.2) is 16.7 Å². The molecule has 0 unspecified atom stereocenters. The maximum atomic E-state index is 13.7. The van der Waals surface area contributed by atoms with Gasteiger partial charge in [0, 0.05) is 36.4 Å². The van der Waals surface area contributed by atoms with Crippen LogP contribution in [-0.4, -0.2) is 95.9 Å². The third kappa shape index (κ3) is 9.78. The third-order valence-corrected chi connectivity index (χ3v) is 8.75. The predicted molar refractivity (Wildman–Crippen MR) is 188 cm³/mol. The number of rotatable bonds is 5. The van der Waals surface area contributed by atoms with Crippen molar-refractivity contribution in [2.45, 2.75) is 65.2 Å². The molecule has 0 fully saturated rings. The van der Waals surface area contributed by atoms with Gasteiger partial charge in [0.1, 0.15) is 30.1 Å². The molecule has 16 nitrogen and oxygen atoms in total. The zero-order valence-corrected chi connectivity index (χ0v) is 29.6. The van der Waals surface area contributed by atoms with Crippen LogP contribution in [0.3, 0.4) is 0 Å². The molecule has 0 aliphatic carbocycles. The topological polar surface area (TPSA) is 206 Å². The standard InChI is InChI=1S/C34H41N11O5S/c1-20(2)16-24-32(49)39-21(3)30-42-28(23-10-6-5-7-11-23)43-45(30)18-26(46)35-14-9-15-44(17-27(47)38-22(4)31(48)40-24)34(50)25-19-51-33(41-25)29-36-12-8-13-37-29/h5-8,10-13,19-22,24H,9,14-18H2,1-4H3,(H,35,46)(H,38,47)(H,39,49)(H,40,48)/t21-,22+,24+/m0/s1. The maximum Gasteiger partial charge on any atom is 0.273 e. The van der Waals surface area contributed by atoms with Gasteiger partial charge in [-0.25, -0.2) is 24.6 Å². The first-order valence-corrected chi connectivity index (χ1v) is 17.6. The average Bonchev–Trinajstić information content (AvgIpc) is 3.77. The lowest BCUT2D eigenvalue weighted by Gasteiger charge is -2.25. The van der Waals surface area contributed by atoms with E-state index in [0.29, 0.717) is 35.3 Å². The Kier molecular flexibility index (Phi) is 12.2. The van der Waals surface area contributed by atoms with Gasteiger partial charge in [-0.3, -0.25) is 24.0 Å². The van der Waals surface area contributed by atoms with Crippen LogP contribution >= 0.6 is 11.3 Å². The number of hydrogen-bond donors (Lipinski definition) is 4. The quantitative estimate of drug-likeness (QED) is 0.236. The van der Waals surface area contributed by atoms with Crippen molar-refractivity contribution >= 4 is 40.9 Å². The summed E-state index contributed by atoms with van der Waals surface area (Å²) in [6.07, 6.45) is 3.77. The van der Waals surface area contributed by atoms with Crippen LogP contribution in [0.5, 0.6) is 0 Å². The van der Waals surface area contributed by atoms with Crippen LogP contribution in [0.25, 0.3) is 22.2 Å². The highest BCUT2D eigenvalue weighted by Crippen LogP contribution is 2.21. The summed E-state index contributed by atoms with van der Waals surface area (Å²) in [5.74, 6) is -1.34. The van der Waals surface area contributed by atoms with Crippen LogP contribution in [0.1, 0.15) is 62.9 Å². The molecule has 51 heavy (non-hydrogen) atoms. The Balaban J connectivity index is 1.41. The molecule has 0 spiro atoms. The fraction of sp³-hybridized carbons (Fsp3) is 0.412. The summed E-state index contributed by atoms with van der Waals surface area (Å²) in [5, 5.41) is 17.8. The molecular weight excluding hydrogens is 675 g/mol. The Morgan fingerprint density at radius 1 is 0.882 bits per heavy atom. The molecule has 5 amide bonds. The van der Waals surface area contributed by atoms with E-state index in [9.17, 15) is 24.0 Å². The summed E-state index contributed by atoms with van der Waals surface area (Å²) >= 11 is 1.19. The molecule has 1 aliphatic rings. The van der Waals surface area contributed by atoms with Crippen LogP contribution in [-0.2, 0) is 25.7 Å². The molecule has 1 aromatic carbocycles. The van der Waals surface area contributed by atoms with Gasteiger partial charge in [0.25, 0.3) is 5.91 Å². The lowest BCUT2D eigenvalue weighted by molar-refractivity contribution is -0.132. The number of aromatic nitrogens is 6. The minimum atomic E-state index is -1.02. The van der Waals surface area contributed by atoms with Crippen LogP contribution in [0.15, 0.2) is 54.2 Å². The highest BCUT2D eigenvalue weighted by Gasteiger charge is 2.29. The monoisotopic (exact) mass is 715 g/mol. The van der Waals surface area contributed by atoms with E-state index in [1.165, 1.54) is 27.8 Å². The van der Waals surface area contributed by atoms with Crippen molar-refractivity contribution in [2.75, 3.05) is 19.6 Å². The number of carbonyl (C=O) groups excluding carboxylic acids is 5. The van der Waals surface area contributed by atoms with E-state index in [1.54, 1.807) is 30.8 Å². The molecule has 0 saturated heterocycles. The van der Waals surface area contributed by atoms with Crippen molar-refractivity contribution in [2.24, 2.45) is 5.92 Å². The number of thiazole rings is 1. The minimum Gasteiger partial charge on any atom is -0.354 e. The molecular formula is C34H41N11O5S. The fourth-order valence-corrected chi connectivity index (χ4v) is 6.13. The molecule has 0 radical (unpaired) electrons. The molecule has 5 rings (SSSR count). The first kappa shape index (κ1) is 36.7. The van der Waals surface area contributed by atoms with Gasteiger partial charge >= 0.3 is 0 Å². The highest BCUT2D eigenvalue weighted by molar-refractivity contribution is 7.13. The summed E-state index contributed by atoms with van der Waals surface area (Å²) in [4.78, 5) is 85.7. The summed E-state index contributed by atoms with van der Waals surface area (Å²) < 4.78 is 1.45. The van der Waals surface area contributed by atoms with Crippen LogP contribution in [0.4, 0.5) is 0 Å². The number of fused-ring (bicyclic) bond motifs is 1. The molecule has 4 heterocycles. The average molecular weight is 716 g/mol. The van der Waals surface area contributed by atoms with Gasteiger partial charge in [-0.1, -0.05) is 44.2 Å². The number of amides is 5. The van der Waals surface area contributed by atoms with Gasteiger partial charge in [-0.15, -0.1) is 11.3 Å². The molecule has 17 heteroatoms. The number of carbonyl (C=O) groups is 5. The Labute approximate surface area is 298 Å². The van der Waals surface area contributed by atoms with Crippen LogP contribution < -0.4 is 21.3 Å². The Hall–Kier alpha value is -5.58. The molecule has 4 N–H and O–H groups in total. The van der Waals surface area contributed by atoms with Crippen molar-refractivity contribution in [3.05, 3.63) is 65.7 Å². The molecule has 4 aromatic rings. The van der Waals surface area contributed by atoms with E-state index in [-0.39, 0.29) is 43.7 Å². The SMILES string of the molecule is CC(C)C[C@H]1NC(=O)[C@@H](C)NC(=O)CN(C(=O)c2csc(-c3ncccn3)n2)CCCNC(=O)Cn2nc(-c3ccccc3)nc2[C@H](C)NC1=O. The molecule has 0 saturated carbocycles. The zero-order chi connectivity index (χ0) is 36.5. The first-order valence-electron chi connectivity index (χ1n) is 16.7. The van der Waals surface area contributed by atoms with E-state index in [0.717, 1.165) is 5.56 Å². The van der Waals surface area contributed by atoms with Crippen molar-refractivity contribution in [1.29, 1.82) is 0 Å². The normalized spacial score (nSPS) is 19.9. The molecule has 0 bridgehead atoms. The smallest absolute Gasteiger partial charge is 0.273 e. The first-order chi connectivity index (χ1) is 24.5. The van der Waals surface area contributed by atoms with E-state index in [2.05, 4.69) is 46.3 Å². The molecule has 3 atom stereocenters. The van der Waals surface area contributed by atoms with Crippen molar-refractivity contribution in [3.8, 4) is 22.2 Å². The van der Waals surface area contributed by atoms with Crippen LogP contribution in [0, 0.1) is 5.92 Å². The van der Waals surface area contributed by atoms with Gasteiger partial charge in [0.05, 0.1) is 12.6 Å².